The van der Waals surface area contributed by atoms with E-state index in [1.807, 2.05) is 54.6 Å². The molecule has 2 amide bonds. The summed E-state index contributed by atoms with van der Waals surface area (Å²) >= 11 is 0. The Bertz CT molecular complexity index is 1160. The average Bonchev–Trinajstić information content (AvgIpc) is 3.41. The van der Waals surface area contributed by atoms with Crippen molar-refractivity contribution in [3.05, 3.63) is 77.6 Å². The standard InChI is InChI=1S/C26H27N3O3/c1-3-29(4-2)15-14-27-25(30)19-9-7-8-18(16-19)24-13-12-20(32-24)17-22-21-10-5-6-11-23(21)28-26(22)31/h5-13,16-17H,3-4,14-15H2,1-2H3,(H,27,30)(H,28,31)/b22-17+. The zero-order valence-electron chi connectivity index (χ0n) is 18.4. The van der Waals surface area contributed by atoms with Crippen molar-refractivity contribution in [2.75, 3.05) is 31.5 Å². The summed E-state index contributed by atoms with van der Waals surface area (Å²) < 4.78 is 5.98. The van der Waals surface area contributed by atoms with Gasteiger partial charge in [0.05, 0.1) is 5.57 Å². The molecule has 1 aromatic heterocycles. The van der Waals surface area contributed by atoms with Crippen LogP contribution in [0.5, 0.6) is 0 Å². The maximum atomic E-state index is 12.6. The van der Waals surface area contributed by atoms with Gasteiger partial charge in [-0.3, -0.25) is 9.59 Å². The molecular formula is C26H27N3O3. The average molecular weight is 430 g/mol. The fourth-order valence-corrected chi connectivity index (χ4v) is 3.79. The van der Waals surface area contributed by atoms with Crippen LogP contribution in [0.3, 0.4) is 0 Å². The van der Waals surface area contributed by atoms with E-state index in [1.165, 1.54) is 0 Å². The number of amides is 2. The molecule has 0 aliphatic carbocycles. The highest BCUT2D eigenvalue weighted by Gasteiger charge is 2.23. The van der Waals surface area contributed by atoms with E-state index in [0.717, 1.165) is 36.4 Å². The number of fused-ring (bicyclic) bond motifs is 1. The van der Waals surface area contributed by atoms with Crippen molar-refractivity contribution >= 4 is 29.2 Å². The molecule has 4 rings (SSSR count). The molecule has 2 heterocycles. The first kappa shape index (κ1) is 21.6. The van der Waals surface area contributed by atoms with Gasteiger partial charge in [-0.1, -0.05) is 44.2 Å². The van der Waals surface area contributed by atoms with Crippen LogP contribution < -0.4 is 10.6 Å². The number of carbonyl (C=O) groups is 2. The van der Waals surface area contributed by atoms with Crippen molar-refractivity contribution in [2.24, 2.45) is 0 Å². The number of hydrogen-bond donors (Lipinski definition) is 2. The molecule has 0 saturated heterocycles. The highest BCUT2D eigenvalue weighted by Crippen LogP contribution is 2.33. The van der Waals surface area contributed by atoms with Gasteiger partial charge in [0.15, 0.2) is 0 Å². The van der Waals surface area contributed by atoms with Gasteiger partial charge < -0.3 is 20.0 Å². The molecule has 1 aliphatic rings. The van der Waals surface area contributed by atoms with E-state index in [2.05, 4.69) is 29.4 Å². The SMILES string of the molecule is CCN(CC)CCNC(=O)c1cccc(-c2ccc(/C=C3/C(=O)Nc4ccccc43)o2)c1. The Morgan fingerprint density at radius 1 is 1.06 bits per heavy atom. The molecule has 0 bridgehead atoms. The summed E-state index contributed by atoms with van der Waals surface area (Å²) in [5.41, 5.74) is 3.63. The van der Waals surface area contributed by atoms with Gasteiger partial charge in [-0.05, 0) is 49.5 Å². The van der Waals surface area contributed by atoms with Crippen molar-refractivity contribution in [1.29, 1.82) is 0 Å². The first-order valence-corrected chi connectivity index (χ1v) is 10.9. The summed E-state index contributed by atoms with van der Waals surface area (Å²) in [6.45, 7) is 7.58. The Hall–Kier alpha value is -3.64. The van der Waals surface area contributed by atoms with E-state index in [0.29, 0.717) is 29.2 Å². The van der Waals surface area contributed by atoms with Gasteiger partial charge in [-0.15, -0.1) is 0 Å². The minimum Gasteiger partial charge on any atom is -0.457 e. The third-order valence-electron chi connectivity index (χ3n) is 5.64. The number of hydrogen-bond acceptors (Lipinski definition) is 4. The molecule has 0 spiro atoms. The lowest BCUT2D eigenvalue weighted by atomic mass is 10.1. The van der Waals surface area contributed by atoms with Gasteiger partial charge in [0, 0.05) is 35.5 Å². The number of carbonyl (C=O) groups excluding carboxylic acids is 2. The maximum Gasteiger partial charge on any atom is 0.256 e. The van der Waals surface area contributed by atoms with Crippen molar-refractivity contribution < 1.29 is 14.0 Å². The molecule has 0 radical (unpaired) electrons. The number of anilines is 1. The largest absolute Gasteiger partial charge is 0.457 e. The number of benzene rings is 2. The van der Waals surface area contributed by atoms with Crippen LogP contribution in [-0.4, -0.2) is 42.9 Å². The molecule has 32 heavy (non-hydrogen) atoms. The van der Waals surface area contributed by atoms with Crippen LogP contribution in [0.25, 0.3) is 23.0 Å². The highest BCUT2D eigenvalue weighted by molar-refractivity contribution is 6.34. The van der Waals surface area contributed by atoms with E-state index in [9.17, 15) is 9.59 Å². The van der Waals surface area contributed by atoms with Crippen LogP contribution in [0.15, 0.2) is 65.1 Å². The molecule has 0 unspecified atom stereocenters. The quantitative estimate of drug-likeness (QED) is 0.517. The summed E-state index contributed by atoms with van der Waals surface area (Å²) in [5.74, 6) is 0.969. The monoisotopic (exact) mass is 429 g/mol. The lowest BCUT2D eigenvalue weighted by molar-refractivity contribution is -0.110. The van der Waals surface area contributed by atoms with Crippen LogP contribution in [0.2, 0.25) is 0 Å². The van der Waals surface area contributed by atoms with Gasteiger partial charge in [-0.2, -0.15) is 0 Å². The molecule has 6 nitrogen and oxygen atoms in total. The summed E-state index contributed by atoms with van der Waals surface area (Å²) in [7, 11) is 0. The van der Waals surface area contributed by atoms with Crippen molar-refractivity contribution in [1.82, 2.24) is 10.2 Å². The predicted octanol–water partition coefficient (Wildman–Crippen LogP) is 4.51. The van der Waals surface area contributed by atoms with E-state index in [-0.39, 0.29) is 11.8 Å². The summed E-state index contributed by atoms with van der Waals surface area (Å²) in [6, 6.07) is 18.6. The van der Waals surface area contributed by atoms with E-state index in [1.54, 1.807) is 12.1 Å². The third kappa shape index (κ3) is 4.65. The summed E-state index contributed by atoms with van der Waals surface area (Å²) in [4.78, 5) is 27.2. The van der Waals surface area contributed by atoms with Crippen LogP contribution in [0, 0.1) is 0 Å². The summed E-state index contributed by atoms with van der Waals surface area (Å²) in [6.07, 6.45) is 1.74. The zero-order chi connectivity index (χ0) is 22.5. The van der Waals surface area contributed by atoms with Gasteiger partial charge >= 0.3 is 0 Å². The third-order valence-corrected chi connectivity index (χ3v) is 5.64. The van der Waals surface area contributed by atoms with Crippen LogP contribution in [-0.2, 0) is 4.79 Å². The molecule has 0 saturated carbocycles. The molecule has 6 heteroatoms. The van der Waals surface area contributed by atoms with Crippen molar-refractivity contribution in [3.8, 4) is 11.3 Å². The smallest absolute Gasteiger partial charge is 0.256 e. The minimum atomic E-state index is -0.146. The normalized spacial score (nSPS) is 14.0. The van der Waals surface area contributed by atoms with E-state index >= 15 is 0 Å². The lowest BCUT2D eigenvalue weighted by Crippen LogP contribution is -2.34. The summed E-state index contributed by atoms with van der Waals surface area (Å²) in [5, 5.41) is 5.84. The molecule has 1 aliphatic heterocycles. The molecule has 3 aromatic rings. The zero-order valence-corrected chi connectivity index (χ0v) is 18.4. The Kier molecular flexibility index (Phi) is 6.52. The highest BCUT2D eigenvalue weighted by atomic mass is 16.3. The number of likely N-dealkylation sites (N-methyl/N-ethyl adjacent to an activating group) is 1. The van der Waals surface area contributed by atoms with Gasteiger partial charge in [0.1, 0.15) is 11.5 Å². The minimum absolute atomic E-state index is 0.105. The van der Waals surface area contributed by atoms with Gasteiger partial charge in [0.25, 0.3) is 11.8 Å². The maximum absolute atomic E-state index is 12.6. The second-order valence-corrected chi connectivity index (χ2v) is 7.62. The van der Waals surface area contributed by atoms with Crippen LogP contribution in [0.1, 0.15) is 35.5 Å². The Morgan fingerprint density at radius 3 is 2.69 bits per heavy atom. The number of rotatable bonds is 8. The number of nitrogens with one attached hydrogen (secondary N) is 2. The Balaban J connectivity index is 1.48. The molecule has 2 aromatic carbocycles. The second-order valence-electron chi connectivity index (χ2n) is 7.62. The van der Waals surface area contributed by atoms with Crippen LogP contribution in [0.4, 0.5) is 5.69 Å². The first-order chi connectivity index (χ1) is 15.6. The van der Waals surface area contributed by atoms with Gasteiger partial charge in [-0.25, -0.2) is 0 Å². The molecule has 2 N–H and O–H groups in total. The molecular weight excluding hydrogens is 402 g/mol. The van der Waals surface area contributed by atoms with Crippen LogP contribution >= 0.6 is 0 Å². The van der Waals surface area contributed by atoms with Crippen molar-refractivity contribution in [2.45, 2.75) is 13.8 Å². The Labute approximate surface area is 187 Å². The number of nitrogens with zero attached hydrogens (tertiary/aromatic N) is 1. The lowest BCUT2D eigenvalue weighted by Gasteiger charge is -2.18. The Morgan fingerprint density at radius 2 is 1.88 bits per heavy atom. The van der Waals surface area contributed by atoms with Gasteiger partial charge in [0.2, 0.25) is 0 Å². The number of furan rings is 1. The van der Waals surface area contributed by atoms with E-state index in [4.69, 9.17) is 4.42 Å². The van der Waals surface area contributed by atoms with Crippen molar-refractivity contribution in [3.63, 3.8) is 0 Å². The number of para-hydroxylation sites is 1. The molecule has 164 valence electrons. The predicted molar refractivity (Wildman–Crippen MR) is 127 cm³/mol. The second kappa shape index (κ2) is 9.66. The fourth-order valence-electron chi connectivity index (χ4n) is 3.79. The first-order valence-electron chi connectivity index (χ1n) is 10.9. The topological polar surface area (TPSA) is 74.6 Å². The molecule has 0 atom stereocenters. The van der Waals surface area contributed by atoms with E-state index < -0.39 is 0 Å². The fraction of sp³-hybridized carbons (Fsp3) is 0.231. The molecule has 0 fully saturated rings.